The van der Waals surface area contributed by atoms with Gasteiger partial charge in [0.25, 0.3) is 5.97 Å². The minimum atomic E-state index is -0.833. The average molecular weight is 160 g/mol. The number of aryl methyl sites for hydroxylation is 1. The molecule has 0 heterocycles. The average Bonchev–Trinajstić information content (AvgIpc) is 1.87. The number of carbonyl (C=O) groups is 1. The molecule has 0 saturated heterocycles. The molecule has 12 heavy (non-hydrogen) atoms. The fourth-order valence-electron chi connectivity index (χ4n) is 0.534. The Balaban J connectivity index is -0.000000150. The van der Waals surface area contributed by atoms with E-state index >= 15 is 0 Å². The molecule has 0 unspecified atom stereocenters. The third-order valence-corrected chi connectivity index (χ3v) is 0.940. The molecule has 0 aromatic heterocycles. The van der Waals surface area contributed by atoms with Gasteiger partial charge in [-0.25, -0.2) is 0 Å². The van der Waals surface area contributed by atoms with E-state index in [-0.39, 0.29) is 20.3 Å². The Bertz CT molecular complexity index is 210. The van der Waals surface area contributed by atoms with Crippen molar-refractivity contribution in [3.8, 4) is 0 Å². The summed E-state index contributed by atoms with van der Waals surface area (Å²) in [6.45, 7) is 3.17. The van der Waals surface area contributed by atoms with Gasteiger partial charge in [-0.2, -0.15) is 0 Å². The van der Waals surface area contributed by atoms with Gasteiger partial charge in [0.2, 0.25) is 0 Å². The zero-order chi connectivity index (χ0) is 8.69. The van der Waals surface area contributed by atoms with Crippen LogP contribution < -0.4 is 18.9 Å². The number of hydrogen-bond acceptors (Lipinski definition) is 1. The Morgan fingerprint density at radius 3 is 1.83 bits per heavy atom. The first kappa shape index (κ1) is 13.8. The maximum atomic E-state index is 9.00. The minimum Gasteiger partial charge on any atom is -1.00 e. The van der Waals surface area contributed by atoms with Crippen molar-refractivity contribution >= 4 is 5.97 Å². The van der Waals surface area contributed by atoms with E-state index < -0.39 is 5.97 Å². The van der Waals surface area contributed by atoms with Gasteiger partial charge in [0.1, 0.15) is 0 Å². The molecular weight excluding hydrogens is 147 g/mol. The topological polar surface area (TPSA) is 37.3 Å². The standard InChI is InChI=1S/C7H8.C2H4O2.Li.H/c1-7-5-3-2-4-6-7;1-2(3)4;;/h2-6H,1H3;1H3,(H,3,4);;/q;;+1;-1. The molecule has 0 spiro atoms. The van der Waals surface area contributed by atoms with Crippen LogP contribution in [-0.4, -0.2) is 11.1 Å². The van der Waals surface area contributed by atoms with E-state index in [1.165, 1.54) is 5.56 Å². The first-order valence-electron chi connectivity index (χ1n) is 3.34. The van der Waals surface area contributed by atoms with Crippen LogP contribution in [0.25, 0.3) is 0 Å². The van der Waals surface area contributed by atoms with Gasteiger partial charge in [-0.1, -0.05) is 35.9 Å². The molecule has 1 N–H and O–H groups in total. The SMILES string of the molecule is CC(=O)O.Cc1ccccc1.[H-].[Li+]. The second kappa shape index (κ2) is 8.38. The zero-order valence-corrected chi connectivity index (χ0v) is 7.74. The summed E-state index contributed by atoms with van der Waals surface area (Å²) < 4.78 is 0. The Morgan fingerprint density at radius 2 is 1.67 bits per heavy atom. The van der Waals surface area contributed by atoms with Gasteiger partial charge in [0.05, 0.1) is 0 Å². The molecule has 0 radical (unpaired) electrons. The van der Waals surface area contributed by atoms with E-state index in [0.717, 1.165) is 6.92 Å². The largest absolute Gasteiger partial charge is 1.00 e. The van der Waals surface area contributed by atoms with Crippen LogP contribution in [0.1, 0.15) is 13.9 Å². The van der Waals surface area contributed by atoms with Crippen LogP contribution in [0.4, 0.5) is 0 Å². The first-order valence-corrected chi connectivity index (χ1v) is 3.34. The van der Waals surface area contributed by atoms with Gasteiger partial charge in [-0.3, -0.25) is 4.79 Å². The van der Waals surface area contributed by atoms with Crippen molar-refractivity contribution in [1.82, 2.24) is 0 Å². The molecule has 0 fully saturated rings. The molecular formula is C9H13LiO2. The number of carboxylic acid groups (broad SMARTS) is 1. The summed E-state index contributed by atoms with van der Waals surface area (Å²) in [6.07, 6.45) is 0. The third-order valence-electron chi connectivity index (χ3n) is 0.940. The molecule has 0 saturated carbocycles. The summed E-state index contributed by atoms with van der Waals surface area (Å²) >= 11 is 0. The Labute approximate surface area is 86.3 Å². The normalized spacial score (nSPS) is 7.17. The number of benzene rings is 1. The summed E-state index contributed by atoms with van der Waals surface area (Å²) in [5.74, 6) is -0.833. The van der Waals surface area contributed by atoms with Crippen molar-refractivity contribution in [2.24, 2.45) is 0 Å². The molecule has 1 aromatic rings. The summed E-state index contributed by atoms with van der Waals surface area (Å²) in [5.41, 5.74) is 1.32. The van der Waals surface area contributed by atoms with Crippen LogP contribution in [0.2, 0.25) is 0 Å². The van der Waals surface area contributed by atoms with E-state index in [0.29, 0.717) is 0 Å². The summed E-state index contributed by atoms with van der Waals surface area (Å²) in [6, 6.07) is 10.3. The van der Waals surface area contributed by atoms with Gasteiger partial charge in [0.15, 0.2) is 0 Å². The van der Waals surface area contributed by atoms with Gasteiger partial charge < -0.3 is 6.53 Å². The first-order chi connectivity index (χ1) is 5.13. The van der Waals surface area contributed by atoms with Crippen LogP contribution in [-0.2, 0) is 4.79 Å². The Morgan fingerprint density at radius 1 is 1.33 bits per heavy atom. The molecule has 3 heteroatoms. The van der Waals surface area contributed by atoms with Crippen molar-refractivity contribution in [3.05, 3.63) is 35.9 Å². The van der Waals surface area contributed by atoms with Crippen LogP contribution in [0.5, 0.6) is 0 Å². The molecule has 0 aliphatic rings. The molecule has 0 amide bonds. The fraction of sp³-hybridized carbons (Fsp3) is 0.222. The molecule has 62 valence electrons. The molecule has 1 rings (SSSR count). The van der Waals surface area contributed by atoms with Crippen LogP contribution in [0, 0.1) is 6.92 Å². The van der Waals surface area contributed by atoms with E-state index in [2.05, 4.69) is 19.1 Å². The molecule has 2 nitrogen and oxygen atoms in total. The number of hydrogen-bond donors (Lipinski definition) is 1. The minimum absolute atomic E-state index is 0. The van der Waals surface area contributed by atoms with Crippen LogP contribution in [0.3, 0.4) is 0 Å². The van der Waals surface area contributed by atoms with E-state index in [9.17, 15) is 0 Å². The van der Waals surface area contributed by atoms with Crippen LogP contribution >= 0.6 is 0 Å². The predicted molar refractivity (Wildman–Crippen MR) is 45.6 cm³/mol. The van der Waals surface area contributed by atoms with Crippen molar-refractivity contribution < 1.29 is 30.2 Å². The Kier molecular flexibility index (Phi) is 9.68. The van der Waals surface area contributed by atoms with Crippen molar-refractivity contribution in [2.75, 3.05) is 0 Å². The summed E-state index contributed by atoms with van der Waals surface area (Å²) in [4.78, 5) is 9.00. The van der Waals surface area contributed by atoms with E-state index in [4.69, 9.17) is 9.90 Å². The van der Waals surface area contributed by atoms with Gasteiger partial charge in [-0.05, 0) is 6.92 Å². The van der Waals surface area contributed by atoms with E-state index in [1.807, 2.05) is 18.2 Å². The molecule has 0 atom stereocenters. The van der Waals surface area contributed by atoms with Crippen molar-refractivity contribution in [3.63, 3.8) is 0 Å². The maximum absolute atomic E-state index is 9.00. The fourth-order valence-corrected chi connectivity index (χ4v) is 0.534. The molecule has 1 aromatic carbocycles. The third kappa shape index (κ3) is 12.0. The molecule has 0 bridgehead atoms. The summed E-state index contributed by atoms with van der Waals surface area (Å²) in [7, 11) is 0. The summed E-state index contributed by atoms with van der Waals surface area (Å²) in [5, 5.41) is 7.42. The smallest absolute Gasteiger partial charge is 1.00 e. The Hall–Kier alpha value is -0.713. The van der Waals surface area contributed by atoms with Crippen molar-refractivity contribution in [2.45, 2.75) is 13.8 Å². The maximum Gasteiger partial charge on any atom is 1.00 e. The number of carboxylic acids is 1. The number of rotatable bonds is 0. The number of aliphatic carboxylic acids is 1. The van der Waals surface area contributed by atoms with E-state index in [1.54, 1.807) is 0 Å². The second-order valence-electron chi connectivity index (χ2n) is 2.17. The molecule has 0 aliphatic carbocycles. The van der Waals surface area contributed by atoms with Crippen LogP contribution in [0.15, 0.2) is 30.3 Å². The van der Waals surface area contributed by atoms with Gasteiger partial charge in [0, 0.05) is 6.92 Å². The van der Waals surface area contributed by atoms with Gasteiger partial charge >= 0.3 is 18.9 Å². The van der Waals surface area contributed by atoms with Gasteiger partial charge in [-0.15, -0.1) is 0 Å². The molecule has 0 aliphatic heterocycles. The quantitative estimate of drug-likeness (QED) is 0.504. The second-order valence-corrected chi connectivity index (χ2v) is 2.17. The predicted octanol–water partition coefficient (Wildman–Crippen LogP) is -0.798. The van der Waals surface area contributed by atoms with Crippen molar-refractivity contribution in [1.29, 1.82) is 0 Å². The monoisotopic (exact) mass is 160 g/mol. The zero-order valence-electron chi connectivity index (χ0n) is 8.74.